The van der Waals surface area contributed by atoms with E-state index in [1.807, 2.05) is 18.2 Å². The topological polar surface area (TPSA) is 9.23 Å². The minimum absolute atomic E-state index is 0.304. The molecule has 0 fully saturated rings. The maximum absolute atomic E-state index is 13.2. The van der Waals surface area contributed by atoms with Crippen molar-refractivity contribution in [3.05, 3.63) is 62.3 Å². The Labute approximate surface area is 133 Å². The van der Waals surface area contributed by atoms with E-state index < -0.39 is 0 Å². The summed E-state index contributed by atoms with van der Waals surface area (Å²) < 4.78 is 19.6. The third kappa shape index (κ3) is 3.30. The Kier molecular flexibility index (Phi) is 4.87. The normalized spacial score (nSPS) is 12.3. The molecule has 100 valence electrons. The molecular formula is C14H10Br2ClFO. The van der Waals surface area contributed by atoms with E-state index in [2.05, 4.69) is 31.9 Å². The van der Waals surface area contributed by atoms with Gasteiger partial charge < -0.3 is 4.74 Å². The van der Waals surface area contributed by atoms with Crippen LogP contribution < -0.4 is 4.74 Å². The molecule has 2 rings (SSSR count). The van der Waals surface area contributed by atoms with Gasteiger partial charge in [0.2, 0.25) is 0 Å². The molecule has 0 amide bonds. The van der Waals surface area contributed by atoms with Crippen LogP contribution in [0.4, 0.5) is 4.39 Å². The standard InChI is InChI=1S/C14H10Br2ClFO/c1-19-9-3-4-10(11(15)7-9)14(17)8-2-5-13(18)12(16)6-8/h2-7,14H,1H3. The molecule has 5 heteroatoms. The van der Waals surface area contributed by atoms with Crippen LogP contribution in [0, 0.1) is 5.82 Å². The molecule has 19 heavy (non-hydrogen) atoms. The van der Waals surface area contributed by atoms with Gasteiger partial charge in [0.05, 0.1) is 17.0 Å². The Hall–Kier alpha value is -0.580. The molecule has 0 aliphatic rings. The molecule has 2 aromatic rings. The van der Waals surface area contributed by atoms with E-state index in [-0.39, 0.29) is 11.2 Å². The Morgan fingerprint density at radius 3 is 2.42 bits per heavy atom. The summed E-state index contributed by atoms with van der Waals surface area (Å²) in [6.45, 7) is 0. The zero-order valence-electron chi connectivity index (χ0n) is 9.96. The lowest BCUT2D eigenvalue weighted by Gasteiger charge is -2.14. The number of ether oxygens (including phenoxy) is 1. The molecular weight excluding hydrogens is 398 g/mol. The lowest BCUT2D eigenvalue weighted by molar-refractivity contribution is 0.414. The van der Waals surface area contributed by atoms with Gasteiger partial charge in [0.25, 0.3) is 0 Å². The highest BCUT2D eigenvalue weighted by atomic mass is 79.9. The second kappa shape index (κ2) is 6.25. The second-order valence-electron chi connectivity index (χ2n) is 3.92. The van der Waals surface area contributed by atoms with Gasteiger partial charge in [-0.05, 0) is 51.3 Å². The van der Waals surface area contributed by atoms with Gasteiger partial charge in [-0.1, -0.05) is 28.1 Å². The predicted molar refractivity (Wildman–Crippen MR) is 82.5 cm³/mol. The van der Waals surface area contributed by atoms with Crippen molar-refractivity contribution < 1.29 is 9.13 Å². The van der Waals surface area contributed by atoms with Gasteiger partial charge in [0.15, 0.2) is 0 Å². The number of rotatable bonds is 3. The molecule has 1 atom stereocenters. The summed E-state index contributed by atoms with van der Waals surface area (Å²) in [5, 5.41) is -0.364. The quantitative estimate of drug-likeness (QED) is 0.593. The first-order valence-corrected chi connectivity index (χ1v) is 7.47. The minimum Gasteiger partial charge on any atom is -0.497 e. The fourth-order valence-electron chi connectivity index (χ4n) is 1.69. The van der Waals surface area contributed by atoms with Crippen molar-refractivity contribution in [2.75, 3.05) is 7.11 Å². The van der Waals surface area contributed by atoms with Crippen LogP contribution >= 0.6 is 43.5 Å². The average Bonchev–Trinajstić information content (AvgIpc) is 2.41. The molecule has 2 aromatic carbocycles. The van der Waals surface area contributed by atoms with E-state index in [1.165, 1.54) is 6.07 Å². The van der Waals surface area contributed by atoms with Crippen LogP contribution in [-0.4, -0.2) is 7.11 Å². The second-order valence-corrected chi connectivity index (χ2v) is 6.07. The van der Waals surface area contributed by atoms with Crippen molar-refractivity contribution in [3.8, 4) is 5.75 Å². The highest BCUT2D eigenvalue weighted by molar-refractivity contribution is 9.10. The van der Waals surface area contributed by atoms with Gasteiger partial charge in [0, 0.05) is 4.47 Å². The SMILES string of the molecule is COc1ccc(C(Cl)c2ccc(F)c(Br)c2)c(Br)c1. The molecule has 0 aliphatic heterocycles. The lowest BCUT2D eigenvalue weighted by atomic mass is 10.0. The van der Waals surface area contributed by atoms with Crippen LogP contribution in [0.3, 0.4) is 0 Å². The van der Waals surface area contributed by atoms with Crippen LogP contribution in [-0.2, 0) is 0 Å². The average molecular weight is 408 g/mol. The van der Waals surface area contributed by atoms with E-state index in [0.717, 1.165) is 21.3 Å². The van der Waals surface area contributed by atoms with Gasteiger partial charge in [0.1, 0.15) is 11.6 Å². The first kappa shape index (κ1) is 14.8. The summed E-state index contributed by atoms with van der Waals surface area (Å²) in [7, 11) is 1.61. The number of hydrogen-bond donors (Lipinski definition) is 0. The monoisotopic (exact) mass is 406 g/mol. The zero-order valence-corrected chi connectivity index (χ0v) is 13.9. The van der Waals surface area contributed by atoms with Gasteiger partial charge in [-0.3, -0.25) is 0 Å². The van der Waals surface area contributed by atoms with Crippen LogP contribution in [0.2, 0.25) is 0 Å². The molecule has 0 bridgehead atoms. The first-order chi connectivity index (χ1) is 9.02. The Bertz CT molecular complexity index is 604. The number of hydrogen-bond acceptors (Lipinski definition) is 1. The predicted octanol–water partition coefficient (Wildman–Crippen LogP) is 5.69. The lowest BCUT2D eigenvalue weighted by Crippen LogP contribution is -1.96. The van der Waals surface area contributed by atoms with Crippen LogP contribution in [0.1, 0.15) is 16.5 Å². The van der Waals surface area contributed by atoms with Gasteiger partial charge in [-0.25, -0.2) is 4.39 Å². The van der Waals surface area contributed by atoms with Crippen LogP contribution in [0.15, 0.2) is 45.3 Å². The highest BCUT2D eigenvalue weighted by Gasteiger charge is 2.15. The molecule has 1 unspecified atom stereocenters. The summed E-state index contributed by atoms with van der Waals surface area (Å²) in [4.78, 5) is 0. The fraction of sp³-hybridized carbons (Fsp3) is 0.143. The van der Waals surface area contributed by atoms with Crippen molar-refractivity contribution in [1.82, 2.24) is 0 Å². The Morgan fingerprint density at radius 2 is 1.84 bits per heavy atom. The van der Waals surface area contributed by atoms with Crippen molar-refractivity contribution in [2.24, 2.45) is 0 Å². The molecule has 0 heterocycles. The third-order valence-corrected chi connectivity index (χ3v) is 4.50. The highest BCUT2D eigenvalue weighted by Crippen LogP contribution is 2.36. The summed E-state index contributed by atoms with van der Waals surface area (Å²) in [6, 6.07) is 10.3. The van der Waals surface area contributed by atoms with Crippen molar-refractivity contribution >= 4 is 43.5 Å². The van der Waals surface area contributed by atoms with Crippen molar-refractivity contribution in [1.29, 1.82) is 0 Å². The van der Waals surface area contributed by atoms with Crippen LogP contribution in [0.25, 0.3) is 0 Å². The van der Waals surface area contributed by atoms with Gasteiger partial charge in [-0.15, -0.1) is 11.6 Å². The largest absolute Gasteiger partial charge is 0.497 e. The maximum atomic E-state index is 13.2. The Morgan fingerprint density at radius 1 is 1.11 bits per heavy atom. The molecule has 0 spiro atoms. The summed E-state index contributed by atoms with van der Waals surface area (Å²) in [5.74, 6) is 0.446. The molecule has 0 radical (unpaired) electrons. The smallest absolute Gasteiger partial charge is 0.137 e. The van der Waals surface area contributed by atoms with Crippen LogP contribution in [0.5, 0.6) is 5.75 Å². The molecule has 0 aromatic heterocycles. The summed E-state index contributed by atoms with van der Waals surface area (Å²) >= 11 is 13.1. The first-order valence-electron chi connectivity index (χ1n) is 5.45. The molecule has 1 nitrogen and oxygen atoms in total. The summed E-state index contributed by atoms with van der Waals surface area (Å²) in [5.41, 5.74) is 1.72. The molecule has 0 saturated heterocycles. The molecule has 0 saturated carbocycles. The van der Waals surface area contributed by atoms with Crippen molar-refractivity contribution in [2.45, 2.75) is 5.38 Å². The minimum atomic E-state index is -0.364. The number of alkyl halides is 1. The summed E-state index contributed by atoms with van der Waals surface area (Å²) in [6.07, 6.45) is 0. The fourth-order valence-corrected chi connectivity index (χ4v) is 3.13. The van der Waals surface area contributed by atoms with E-state index in [9.17, 15) is 4.39 Å². The molecule has 0 N–H and O–H groups in total. The molecule has 0 aliphatic carbocycles. The maximum Gasteiger partial charge on any atom is 0.137 e. The Balaban J connectivity index is 2.38. The van der Waals surface area contributed by atoms with E-state index in [4.69, 9.17) is 16.3 Å². The number of methoxy groups -OCH3 is 1. The van der Waals surface area contributed by atoms with E-state index >= 15 is 0 Å². The van der Waals surface area contributed by atoms with Crippen molar-refractivity contribution in [3.63, 3.8) is 0 Å². The zero-order chi connectivity index (χ0) is 14.0. The number of benzene rings is 2. The van der Waals surface area contributed by atoms with Gasteiger partial charge >= 0.3 is 0 Å². The van der Waals surface area contributed by atoms with E-state index in [0.29, 0.717) is 4.47 Å². The van der Waals surface area contributed by atoms with Gasteiger partial charge in [-0.2, -0.15) is 0 Å². The third-order valence-electron chi connectivity index (χ3n) is 2.72. The van der Waals surface area contributed by atoms with E-state index in [1.54, 1.807) is 19.2 Å². The number of halogens is 4.